The van der Waals surface area contributed by atoms with E-state index >= 15 is 0 Å². The van der Waals surface area contributed by atoms with Gasteiger partial charge in [0.05, 0.1) is 25.5 Å². The molecule has 0 aliphatic carbocycles. The third-order valence-electron chi connectivity index (χ3n) is 3.02. The predicted molar refractivity (Wildman–Crippen MR) is 78.1 cm³/mol. The van der Waals surface area contributed by atoms with Crippen LogP contribution in [0.3, 0.4) is 0 Å². The van der Waals surface area contributed by atoms with Crippen LogP contribution in [0.4, 0.5) is 5.69 Å². The number of Topliss-reactive ketones (excluding diaryl/α,β-unsaturated/α-hetero) is 1. The second-order valence-corrected chi connectivity index (χ2v) is 5.17. The van der Waals surface area contributed by atoms with E-state index in [2.05, 4.69) is 20.8 Å². The second kappa shape index (κ2) is 6.85. The summed E-state index contributed by atoms with van der Waals surface area (Å²) in [7, 11) is 0. The van der Waals surface area contributed by atoms with Crippen molar-refractivity contribution >= 4 is 33.4 Å². The number of carbonyl (C=O) groups is 2. The summed E-state index contributed by atoms with van der Waals surface area (Å²) in [5.74, 6) is -1.44. The fourth-order valence-electron chi connectivity index (χ4n) is 2.02. The Labute approximate surface area is 126 Å². The van der Waals surface area contributed by atoms with Crippen LogP contribution in [0.1, 0.15) is 17.3 Å². The highest BCUT2D eigenvalue weighted by Crippen LogP contribution is 2.28. The maximum atomic E-state index is 11.8. The minimum atomic E-state index is -0.821. The van der Waals surface area contributed by atoms with E-state index in [1.54, 1.807) is 19.1 Å². The molecule has 108 valence electrons. The van der Waals surface area contributed by atoms with Crippen molar-refractivity contribution in [3.63, 3.8) is 0 Å². The van der Waals surface area contributed by atoms with Crippen molar-refractivity contribution in [2.45, 2.75) is 6.92 Å². The van der Waals surface area contributed by atoms with Gasteiger partial charge in [-0.1, -0.05) is 0 Å². The smallest absolute Gasteiger partial charge is 0.379 e. The SMILES string of the molecule is CCOC(=O)C(=O)c1ccc(N2CCOCC2)c(Br)c1. The average molecular weight is 342 g/mol. The molecule has 0 N–H and O–H groups in total. The molecule has 0 amide bonds. The molecule has 1 aliphatic rings. The number of benzene rings is 1. The number of rotatable bonds is 4. The van der Waals surface area contributed by atoms with Crippen molar-refractivity contribution in [2.75, 3.05) is 37.8 Å². The Morgan fingerprint density at radius 2 is 2.05 bits per heavy atom. The summed E-state index contributed by atoms with van der Waals surface area (Å²) in [6.45, 7) is 4.86. The molecule has 0 radical (unpaired) electrons. The summed E-state index contributed by atoms with van der Waals surface area (Å²) in [6, 6.07) is 5.14. The van der Waals surface area contributed by atoms with Gasteiger partial charge in [-0.15, -0.1) is 0 Å². The molecule has 2 rings (SSSR count). The Balaban J connectivity index is 2.16. The van der Waals surface area contributed by atoms with Gasteiger partial charge in [-0.05, 0) is 41.1 Å². The standard InChI is InChI=1S/C14H16BrNO4/c1-2-20-14(18)13(17)10-3-4-12(11(15)9-10)16-5-7-19-8-6-16/h3-4,9H,2,5-8H2,1H3. The van der Waals surface area contributed by atoms with Gasteiger partial charge >= 0.3 is 5.97 Å². The molecule has 0 aromatic heterocycles. The Hall–Kier alpha value is -1.40. The Morgan fingerprint density at radius 3 is 2.65 bits per heavy atom. The van der Waals surface area contributed by atoms with E-state index in [9.17, 15) is 9.59 Å². The molecule has 0 unspecified atom stereocenters. The predicted octanol–water partition coefficient (Wildman–Crippen LogP) is 2.03. The van der Waals surface area contributed by atoms with Gasteiger partial charge in [-0.3, -0.25) is 4.79 Å². The van der Waals surface area contributed by atoms with Gasteiger partial charge in [-0.2, -0.15) is 0 Å². The van der Waals surface area contributed by atoms with Gasteiger partial charge in [0, 0.05) is 23.1 Å². The lowest BCUT2D eigenvalue weighted by Gasteiger charge is -2.29. The monoisotopic (exact) mass is 341 g/mol. The van der Waals surface area contributed by atoms with Gasteiger partial charge in [0.1, 0.15) is 0 Å². The summed E-state index contributed by atoms with van der Waals surface area (Å²) in [6.07, 6.45) is 0. The highest BCUT2D eigenvalue weighted by molar-refractivity contribution is 9.10. The van der Waals surface area contributed by atoms with E-state index in [-0.39, 0.29) is 6.61 Å². The average Bonchev–Trinajstić information content (AvgIpc) is 2.47. The van der Waals surface area contributed by atoms with Gasteiger partial charge in [0.25, 0.3) is 5.78 Å². The number of carbonyl (C=O) groups excluding carboxylic acids is 2. The summed E-state index contributed by atoms with van der Waals surface area (Å²) in [5, 5.41) is 0. The van der Waals surface area contributed by atoms with Gasteiger partial charge < -0.3 is 14.4 Å². The zero-order valence-electron chi connectivity index (χ0n) is 11.2. The summed E-state index contributed by atoms with van der Waals surface area (Å²) in [5.41, 5.74) is 1.32. The molecule has 0 bridgehead atoms. The van der Waals surface area contributed by atoms with E-state index in [4.69, 9.17) is 9.47 Å². The van der Waals surface area contributed by atoms with Crippen LogP contribution >= 0.6 is 15.9 Å². The Morgan fingerprint density at radius 1 is 1.35 bits per heavy atom. The van der Waals surface area contributed by atoms with Gasteiger partial charge in [-0.25, -0.2) is 4.79 Å². The first kappa shape index (κ1) is 15.0. The fourth-order valence-corrected chi connectivity index (χ4v) is 2.65. The van der Waals surface area contributed by atoms with E-state index in [1.165, 1.54) is 0 Å². The maximum Gasteiger partial charge on any atom is 0.379 e. The quantitative estimate of drug-likeness (QED) is 0.476. The highest BCUT2D eigenvalue weighted by atomic mass is 79.9. The Bertz CT molecular complexity index is 512. The highest BCUT2D eigenvalue weighted by Gasteiger charge is 2.20. The first-order valence-electron chi connectivity index (χ1n) is 6.47. The number of esters is 1. The van der Waals surface area contributed by atoms with Crippen LogP contribution < -0.4 is 4.90 Å². The number of ketones is 1. The molecular weight excluding hydrogens is 326 g/mol. The minimum absolute atomic E-state index is 0.192. The lowest BCUT2D eigenvalue weighted by atomic mass is 10.1. The lowest BCUT2D eigenvalue weighted by Crippen LogP contribution is -2.36. The molecule has 1 aliphatic heterocycles. The lowest BCUT2D eigenvalue weighted by molar-refractivity contribution is -0.137. The van der Waals surface area contributed by atoms with Crippen molar-refractivity contribution in [3.05, 3.63) is 28.2 Å². The van der Waals surface area contributed by atoms with Crippen molar-refractivity contribution in [3.8, 4) is 0 Å². The molecule has 1 aromatic rings. The van der Waals surface area contributed by atoms with E-state index in [0.29, 0.717) is 18.8 Å². The first-order chi connectivity index (χ1) is 9.63. The van der Waals surface area contributed by atoms with E-state index in [1.807, 2.05) is 6.07 Å². The molecule has 5 nitrogen and oxygen atoms in total. The molecule has 1 aromatic carbocycles. The van der Waals surface area contributed by atoms with Crippen molar-refractivity contribution in [1.82, 2.24) is 0 Å². The van der Waals surface area contributed by atoms with E-state index in [0.717, 1.165) is 23.2 Å². The molecular formula is C14H16BrNO4. The maximum absolute atomic E-state index is 11.8. The van der Waals surface area contributed by atoms with Crippen LogP contribution in [0.15, 0.2) is 22.7 Å². The fraction of sp³-hybridized carbons (Fsp3) is 0.429. The van der Waals surface area contributed by atoms with Gasteiger partial charge in [0.2, 0.25) is 0 Å². The molecule has 1 fully saturated rings. The van der Waals surface area contributed by atoms with Crippen LogP contribution in [0.5, 0.6) is 0 Å². The summed E-state index contributed by atoms with van der Waals surface area (Å²) < 4.78 is 10.8. The zero-order chi connectivity index (χ0) is 14.5. The molecule has 1 saturated heterocycles. The number of morpholine rings is 1. The van der Waals surface area contributed by atoms with Crippen molar-refractivity contribution < 1.29 is 19.1 Å². The normalized spacial score (nSPS) is 15.0. The number of hydrogen-bond donors (Lipinski definition) is 0. The molecule has 0 atom stereocenters. The second-order valence-electron chi connectivity index (χ2n) is 4.32. The first-order valence-corrected chi connectivity index (χ1v) is 7.26. The molecule has 6 heteroatoms. The zero-order valence-corrected chi connectivity index (χ0v) is 12.8. The number of hydrogen-bond acceptors (Lipinski definition) is 5. The van der Waals surface area contributed by atoms with Crippen LogP contribution in [0, 0.1) is 0 Å². The topological polar surface area (TPSA) is 55.8 Å². The Kier molecular flexibility index (Phi) is 5.14. The number of nitrogens with zero attached hydrogens (tertiary/aromatic N) is 1. The van der Waals surface area contributed by atoms with Crippen molar-refractivity contribution in [2.24, 2.45) is 0 Å². The van der Waals surface area contributed by atoms with Crippen LogP contribution in [0.2, 0.25) is 0 Å². The van der Waals surface area contributed by atoms with Crippen molar-refractivity contribution in [1.29, 1.82) is 0 Å². The summed E-state index contributed by atoms with van der Waals surface area (Å²) in [4.78, 5) is 25.4. The number of ether oxygens (including phenoxy) is 2. The van der Waals surface area contributed by atoms with Crippen LogP contribution in [-0.2, 0) is 14.3 Å². The minimum Gasteiger partial charge on any atom is -0.460 e. The third kappa shape index (κ3) is 3.37. The molecule has 0 saturated carbocycles. The number of anilines is 1. The van der Waals surface area contributed by atoms with Crippen LogP contribution in [0.25, 0.3) is 0 Å². The number of halogens is 1. The summed E-state index contributed by atoms with van der Waals surface area (Å²) >= 11 is 3.45. The van der Waals surface area contributed by atoms with E-state index < -0.39 is 11.8 Å². The van der Waals surface area contributed by atoms with Crippen LogP contribution in [-0.4, -0.2) is 44.7 Å². The molecule has 20 heavy (non-hydrogen) atoms. The molecule has 1 heterocycles. The molecule has 0 spiro atoms. The third-order valence-corrected chi connectivity index (χ3v) is 3.66. The van der Waals surface area contributed by atoms with Gasteiger partial charge in [0.15, 0.2) is 0 Å². The largest absolute Gasteiger partial charge is 0.460 e.